The molecule has 1 aliphatic heterocycles. The van der Waals surface area contributed by atoms with Crippen molar-refractivity contribution in [2.45, 2.75) is 117 Å². The third kappa shape index (κ3) is 14.7. The summed E-state index contributed by atoms with van der Waals surface area (Å²) in [5, 5.41) is 14.1. The van der Waals surface area contributed by atoms with E-state index in [0.717, 1.165) is 5.56 Å². The minimum atomic E-state index is -1.18. The molecule has 0 aliphatic carbocycles. The van der Waals surface area contributed by atoms with Gasteiger partial charge in [0, 0.05) is 25.0 Å². The first kappa shape index (κ1) is 40.0. The molecule has 1 aromatic carbocycles. The Labute approximate surface area is 285 Å². The lowest BCUT2D eigenvalue weighted by atomic mass is 9.98. The lowest BCUT2D eigenvalue weighted by Gasteiger charge is -2.30. The third-order valence-electron chi connectivity index (χ3n) is 7.71. The first-order valence-corrected chi connectivity index (χ1v) is 17.1. The van der Waals surface area contributed by atoms with E-state index in [2.05, 4.69) is 26.6 Å². The van der Waals surface area contributed by atoms with E-state index >= 15 is 0 Å². The van der Waals surface area contributed by atoms with Gasteiger partial charge in [-0.2, -0.15) is 0 Å². The molecule has 48 heavy (non-hydrogen) atoms. The number of amides is 5. The molecule has 1 heterocycles. The number of nitrogens with one attached hydrogen (secondary N) is 5. The van der Waals surface area contributed by atoms with Gasteiger partial charge in [0.05, 0.1) is 6.61 Å². The molecule has 5 N–H and O–H groups in total. The molecular formula is C36H55N5O7. The van der Waals surface area contributed by atoms with Crippen LogP contribution in [0, 0.1) is 17.8 Å². The van der Waals surface area contributed by atoms with Crippen molar-refractivity contribution in [1.82, 2.24) is 26.6 Å². The van der Waals surface area contributed by atoms with Crippen LogP contribution in [0.4, 0.5) is 0 Å². The third-order valence-corrected chi connectivity index (χ3v) is 7.71. The van der Waals surface area contributed by atoms with Crippen molar-refractivity contribution in [1.29, 1.82) is 0 Å². The summed E-state index contributed by atoms with van der Waals surface area (Å²) in [5.74, 6) is -2.78. The van der Waals surface area contributed by atoms with Crippen LogP contribution in [0.1, 0.15) is 86.1 Å². The molecule has 0 bridgehead atoms. The van der Waals surface area contributed by atoms with E-state index in [1.54, 1.807) is 13.0 Å². The van der Waals surface area contributed by atoms with Gasteiger partial charge in [-0.25, -0.2) is 4.79 Å². The van der Waals surface area contributed by atoms with Gasteiger partial charge in [0.25, 0.3) is 0 Å². The summed E-state index contributed by atoms with van der Waals surface area (Å²) >= 11 is 0. The van der Waals surface area contributed by atoms with Gasteiger partial charge in [0.2, 0.25) is 29.5 Å². The fourth-order valence-corrected chi connectivity index (χ4v) is 5.46. The normalized spacial score (nSPS) is 21.5. The maximum atomic E-state index is 13.8. The van der Waals surface area contributed by atoms with E-state index in [0.29, 0.717) is 19.3 Å². The standard InChI is InChI=1S/C36H55N5O7/c1-8-48-32(43)17-14-26(18-22(2)3)37-31(42)16-15-27-33(44)41-30(21-25-12-10-9-11-13-25)36(47)40-29(20-24(6)7)35(46)39-28(19-23(4)5)34(45)38-27/h9-14,17,22-24,26-30H,8,15-16,18-21H2,1-7H3,(H,37,42)(H,38,45)(H,39,46)(H,40,47)(H,41,44)/b17-14+/t26-,27+,28+,29+,30+/m1/s1. The second-order valence-electron chi connectivity index (χ2n) is 13.6. The second kappa shape index (κ2) is 20.2. The molecule has 266 valence electrons. The smallest absolute Gasteiger partial charge is 0.330 e. The van der Waals surface area contributed by atoms with E-state index in [4.69, 9.17) is 4.74 Å². The van der Waals surface area contributed by atoms with Crippen molar-refractivity contribution in [2.24, 2.45) is 17.8 Å². The fraction of sp³-hybridized carbons (Fsp3) is 0.611. The molecule has 5 atom stereocenters. The Morgan fingerprint density at radius 2 is 1.25 bits per heavy atom. The van der Waals surface area contributed by atoms with Crippen molar-refractivity contribution in [3.8, 4) is 0 Å². The average molecular weight is 670 g/mol. The zero-order valence-corrected chi connectivity index (χ0v) is 29.5. The van der Waals surface area contributed by atoms with Gasteiger partial charge in [-0.3, -0.25) is 24.0 Å². The molecule has 0 aromatic heterocycles. The molecule has 0 saturated carbocycles. The highest BCUT2D eigenvalue weighted by molar-refractivity contribution is 5.97. The predicted molar refractivity (Wildman–Crippen MR) is 183 cm³/mol. The number of carbonyl (C=O) groups is 6. The Hall–Kier alpha value is -4.22. The zero-order chi connectivity index (χ0) is 35.8. The number of ether oxygens (including phenoxy) is 1. The van der Waals surface area contributed by atoms with Crippen molar-refractivity contribution in [2.75, 3.05) is 6.61 Å². The van der Waals surface area contributed by atoms with Crippen LogP contribution in [0.5, 0.6) is 0 Å². The molecule has 2 rings (SSSR count). The van der Waals surface area contributed by atoms with Crippen LogP contribution in [0.15, 0.2) is 42.5 Å². The van der Waals surface area contributed by atoms with E-state index in [-0.39, 0.29) is 49.5 Å². The zero-order valence-electron chi connectivity index (χ0n) is 29.5. The predicted octanol–water partition coefficient (Wildman–Crippen LogP) is 2.70. The molecular weight excluding hydrogens is 614 g/mol. The van der Waals surface area contributed by atoms with Crippen molar-refractivity contribution in [3.05, 3.63) is 48.0 Å². The topological polar surface area (TPSA) is 172 Å². The summed E-state index contributed by atoms with van der Waals surface area (Å²) in [6.07, 6.45) is 4.01. The minimum absolute atomic E-state index is 0.0287. The van der Waals surface area contributed by atoms with Gasteiger partial charge in [-0.05, 0) is 55.9 Å². The Morgan fingerprint density at radius 1 is 0.750 bits per heavy atom. The molecule has 12 heteroatoms. The number of benzene rings is 1. The average Bonchev–Trinajstić information content (AvgIpc) is 3.00. The molecule has 0 spiro atoms. The largest absolute Gasteiger partial charge is 0.463 e. The maximum Gasteiger partial charge on any atom is 0.330 e. The second-order valence-corrected chi connectivity index (χ2v) is 13.6. The molecule has 1 aliphatic rings. The molecule has 1 aromatic rings. The monoisotopic (exact) mass is 669 g/mol. The molecule has 0 unspecified atom stereocenters. The van der Waals surface area contributed by atoms with E-state index in [9.17, 15) is 28.8 Å². The van der Waals surface area contributed by atoms with Crippen molar-refractivity contribution < 1.29 is 33.5 Å². The molecule has 1 saturated heterocycles. The fourth-order valence-electron chi connectivity index (χ4n) is 5.46. The van der Waals surface area contributed by atoms with Gasteiger partial charge in [-0.15, -0.1) is 0 Å². The van der Waals surface area contributed by atoms with Crippen LogP contribution < -0.4 is 26.6 Å². The van der Waals surface area contributed by atoms with E-state index in [1.807, 2.05) is 71.9 Å². The highest BCUT2D eigenvalue weighted by Crippen LogP contribution is 2.13. The number of hydrogen-bond acceptors (Lipinski definition) is 7. The Bertz CT molecular complexity index is 1260. The van der Waals surface area contributed by atoms with Gasteiger partial charge in [-0.1, -0.05) is 78.0 Å². The highest BCUT2D eigenvalue weighted by atomic mass is 16.5. The lowest BCUT2D eigenvalue weighted by Crippen LogP contribution is -2.62. The first-order valence-electron chi connectivity index (χ1n) is 17.1. The summed E-state index contributed by atoms with van der Waals surface area (Å²) in [6, 6.07) is 4.60. The Balaban J connectivity index is 2.37. The lowest BCUT2D eigenvalue weighted by molar-refractivity contribution is -0.137. The summed E-state index contributed by atoms with van der Waals surface area (Å²) in [6.45, 7) is 13.6. The Morgan fingerprint density at radius 3 is 1.77 bits per heavy atom. The minimum Gasteiger partial charge on any atom is -0.463 e. The van der Waals surface area contributed by atoms with Gasteiger partial charge in [0.1, 0.15) is 24.2 Å². The van der Waals surface area contributed by atoms with Gasteiger partial charge in [0.15, 0.2) is 0 Å². The Kier molecular flexibility index (Phi) is 16.8. The van der Waals surface area contributed by atoms with Gasteiger partial charge < -0.3 is 31.3 Å². The maximum absolute atomic E-state index is 13.8. The summed E-state index contributed by atoms with van der Waals surface area (Å²) in [4.78, 5) is 79.6. The van der Waals surface area contributed by atoms with Crippen LogP contribution >= 0.6 is 0 Å². The molecule has 12 nitrogen and oxygen atoms in total. The number of esters is 1. The first-order chi connectivity index (χ1) is 22.7. The molecule has 1 fully saturated rings. The van der Waals surface area contributed by atoms with Crippen LogP contribution in [0.2, 0.25) is 0 Å². The molecule has 0 radical (unpaired) electrons. The summed E-state index contributed by atoms with van der Waals surface area (Å²) in [5.41, 5.74) is 0.791. The van der Waals surface area contributed by atoms with E-state index in [1.165, 1.54) is 6.08 Å². The van der Waals surface area contributed by atoms with Crippen molar-refractivity contribution in [3.63, 3.8) is 0 Å². The van der Waals surface area contributed by atoms with Crippen LogP contribution in [-0.4, -0.2) is 72.3 Å². The summed E-state index contributed by atoms with van der Waals surface area (Å²) < 4.78 is 4.95. The SMILES string of the molecule is CCOC(=O)/C=C/[C@H](CC(C)C)NC(=O)CC[C@@H]1NC(=O)[C@H](CC(C)C)NC(=O)[C@H](CC(C)C)NC(=O)[C@H](Cc2ccccc2)NC1=O. The summed E-state index contributed by atoms with van der Waals surface area (Å²) in [7, 11) is 0. The number of hydrogen-bond donors (Lipinski definition) is 5. The molecule has 5 amide bonds. The van der Waals surface area contributed by atoms with Crippen LogP contribution in [0.3, 0.4) is 0 Å². The van der Waals surface area contributed by atoms with Crippen LogP contribution in [0.25, 0.3) is 0 Å². The van der Waals surface area contributed by atoms with Crippen LogP contribution in [-0.2, 0) is 39.9 Å². The number of rotatable bonds is 15. The highest BCUT2D eigenvalue weighted by Gasteiger charge is 2.35. The quantitative estimate of drug-likeness (QED) is 0.141. The van der Waals surface area contributed by atoms with E-state index < -0.39 is 59.8 Å². The van der Waals surface area contributed by atoms with Crippen molar-refractivity contribution >= 4 is 35.5 Å². The number of carbonyl (C=O) groups excluding carboxylic acids is 6. The van der Waals surface area contributed by atoms with Gasteiger partial charge >= 0.3 is 5.97 Å².